The van der Waals surface area contributed by atoms with Crippen LogP contribution in [-0.4, -0.2) is 71.9 Å². The fraction of sp³-hybridized carbons (Fsp3) is 0.348. The molecule has 1 fully saturated rings. The van der Waals surface area contributed by atoms with E-state index in [-0.39, 0.29) is 41.4 Å². The Bertz CT molecular complexity index is 2120. The molecule has 58 heavy (non-hydrogen) atoms. The Kier molecular flexibility index (Phi) is 13.8. The monoisotopic (exact) mass is 865 g/mol. The number of hydrogen-bond donors (Lipinski definition) is 5. The van der Waals surface area contributed by atoms with Crippen molar-refractivity contribution in [2.24, 2.45) is 17.8 Å². The van der Waals surface area contributed by atoms with Gasteiger partial charge in [-0.1, -0.05) is 134 Å². The van der Waals surface area contributed by atoms with Crippen molar-refractivity contribution >= 4 is 70.8 Å². The number of carbonyl (C=O) groups excluding carboxylic acids is 2. The summed E-state index contributed by atoms with van der Waals surface area (Å²) in [5, 5.41) is 55.7. The minimum atomic E-state index is -3.10. The molecule has 6 rings (SSSR count). The van der Waals surface area contributed by atoms with Crippen molar-refractivity contribution < 1.29 is 39.4 Å². The second-order valence-electron chi connectivity index (χ2n) is 16.4. The van der Waals surface area contributed by atoms with Gasteiger partial charge in [0.05, 0.1) is 36.8 Å². The topological polar surface area (TPSA) is 148 Å². The number of hydrogen-bond acceptors (Lipinski definition) is 8. The number of rotatable bonds is 15. The maximum atomic E-state index is 14.4. The first-order valence-electron chi connectivity index (χ1n) is 20.0. The molecule has 1 heterocycles. The van der Waals surface area contributed by atoms with E-state index >= 15 is 0 Å². The largest absolute Gasteiger partial charge is 0.507 e. The van der Waals surface area contributed by atoms with Gasteiger partial charge in [0.15, 0.2) is 0 Å². The fourth-order valence-corrected chi connectivity index (χ4v) is 14.0. The molecule has 0 aromatic heterocycles. The Morgan fingerprint density at radius 3 is 2.17 bits per heavy atom. The lowest BCUT2D eigenvalue weighted by molar-refractivity contribution is -0.123. The third kappa shape index (κ3) is 8.74. The highest BCUT2D eigenvalue weighted by Crippen LogP contribution is 2.48. The standard InChI is InChI=1S/C46H53BBrNO8Si/c1-5-13-30(24-31-25-34(48)21-23-40(31)51)20-22-41(52)42-32(29-57-58(46(2,3)4,36-16-8-6-9-17-36)37-18-10-7-11-19-37)26-38-43(39(42)28-50)45(54)49(44(38)53)35-15-12-14-33(27-35)47(55)56/h6-12,14-19,21,23-25,27,38-39,41,43,50-52,55-56H,5,13,20,22,26,28-29H2,1-4H3/b30-24+/t38-,39+,41-,43-/m1/s1. The van der Waals surface area contributed by atoms with Gasteiger partial charge in [-0.15, -0.1) is 0 Å². The van der Waals surface area contributed by atoms with Gasteiger partial charge < -0.3 is 29.8 Å². The summed E-state index contributed by atoms with van der Waals surface area (Å²) in [7, 11) is -4.90. The van der Waals surface area contributed by atoms with Gasteiger partial charge in [-0.3, -0.25) is 14.5 Å². The van der Waals surface area contributed by atoms with Gasteiger partial charge >= 0.3 is 7.12 Å². The van der Waals surface area contributed by atoms with Crippen LogP contribution in [0.15, 0.2) is 124 Å². The van der Waals surface area contributed by atoms with E-state index in [1.54, 1.807) is 24.3 Å². The van der Waals surface area contributed by atoms with Gasteiger partial charge in [-0.2, -0.15) is 0 Å². The maximum Gasteiger partial charge on any atom is 0.488 e. The summed E-state index contributed by atoms with van der Waals surface area (Å²) < 4.78 is 8.22. The van der Waals surface area contributed by atoms with E-state index in [0.717, 1.165) is 38.2 Å². The molecule has 0 unspecified atom stereocenters. The summed E-state index contributed by atoms with van der Waals surface area (Å²) in [5.41, 5.74) is 3.24. The number of fused-ring (bicyclic) bond motifs is 1. The van der Waals surface area contributed by atoms with Gasteiger partial charge in [0.2, 0.25) is 11.8 Å². The molecule has 4 aromatic rings. The van der Waals surface area contributed by atoms with E-state index in [1.165, 1.54) is 12.1 Å². The first-order valence-corrected chi connectivity index (χ1v) is 22.7. The van der Waals surface area contributed by atoms with E-state index in [9.17, 15) is 35.0 Å². The second-order valence-corrected chi connectivity index (χ2v) is 21.6. The predicted molar refractivity (Wildman–Crippen MR) is 235 cm³/mol. The second kappa shape index (κ2) is 18.4. The number of benzene rings is 4. The van der Waals surface area contributed by atoms with Crippen LogP contribution in [0.25, 0.3) is 6.08 Å². The van der Waals surface area contributed by atoms with E-state index in [4.69, 9.17) is 4.43 Å². The lowest BCUT2D eigenvalue weighted by Gasteiger charge is -2.44. The Hall–Kier alpha value is -4.14. The molecule has 1 aliphatic carbocycles. The summed E-state index contributed by atoms with van der Waals surface area (Å²) in [5.74, 6) is -3.48. The molecule has 0 saturated carbocycles. The van der Waals surface area contributed by atoms with Gasteiger partial charge in [0.25, 0.3) is 8.32 Å². The number of halogens is 1. The molecule has 5 N–H and O–H groups in total. The zero-order chi connectivity index (χ0) is 41.8. The van der Waals surface area contributed by atoms with Crippen LogP contribution in [-0.2, 0) is 14.0 Å². The summed E-state index contributed by atoms with van der Waals surface area (Å²) >= 11 is 3.49. The molecule has 2 amide bonds. The predicted octanol–water partition coefficient (Wildman–Crippen LogP) is 5.85. The average molecular weight is 867 g/mol. The Morgan fingerprint density at radius 1 is 0.931 bits per heavy atom. The van der Waals surface area contributed by atoms with Crippen molar-refractivity contribution in [1.29, 1.82) is 0 Å². The summed E-state index contributed by atoms with van der Waals surface area (Å²) in [6.45, 7) is 8.18. The first kappa shape index (κ1) is 43.4. The number of aliphatic hydroxyl groups excluding tert-OH is 2. The van der Waals surface area contributed by atoms with Gasteiger partial charge in [-0.05, 0) is 88.0 Å². The van der Waals surface area contributed by atoms with Gasteiger partial charge in [0.1, 0.15) is 5.75 Å². The maximum absolute atomic E-state index is 14.4. The summed E-state index contributed by atoms with van der Waals surface area (Å²) in [6, 6.07) is 31.7. The van der Waals surface area contributed by atoms with Crippen LogP contribution in [0.4, 0.5) is 5.69 Å². The average Bonchev–Trinajstić information content (AvgIpc) is 3.46. The molecule has 0 spiro atoms. The van der Waals surface area contributed by atoms with Crippen molar-refractivity contribution in [1.82, 2.24) is 0 Å². The van der Waals surface area contributed by atoms with E-state index < -0.39 is 57.7 Å². The van der Waals surface area contributed by atoms with E-state index in [2.05, 4.69) is 67.9 Å². The molecule has 9 nitrogen and oxygen atoms in total. The van der Waals surface area contributed by atoms with Crippen molar-refractivity contribution in [2.45, 2.75) is 70.9 Å². The molecule has 2 aliphatic rings. The minimum absolute atomic E-state index is 0.0661. The Labute approximate surface area is 351 Å². The number of imide groups is 1. The number of phenols is 1. The zero-order valence-electron chi connectivity index (χ0n) is 33.5. The molecule has 1 aliphatic heterocycles. The molecule has 12 heteroatoms. The molecule has 4 atom stereocenters. The normalized spacial score (nSPS) is 19.4. The number of carbonyl (C=O) groups is 2. The smallest absolute Gasteiger partial charge is 0.488 e. The van der Waals surface area contributed by atoms with Crippen LogP contribution in [0.1, 0.15) is 65.4 Å². The Morgan fingerprint density at radius 2 is 1.59 bits per heavy atom. The van der Waals surface area contributed by atoms with Crippen molar-refractivity contribution in [3.63, 3.8) is 0 Å². The van der Waals surface area contributed by atoms with Crippen LogP contribution >= 0.6 is 15.9 Å². The molecule has 304 valence electrons. The fourth-order valence-electron chi connectivity index (χ4n) is 9.06. The van der Waals surface area contributed by atoms with Gasteiger partial charge in [0, 0.05) is 16.0 Å². The summed E-state index contributed by atoms with van der Waals surface area (Å²) in [4.78, 5) is 29.9. The van der Waals surface area contributed by atoms with Crippen LogP contribution in [0, 0.1) is 17.8 Å². The highest BCUT2D eigenvalue weighted by atomic mass is 79.9. The number of aliphatic hydroxyl groups is 2. The molecule has 4 aromatic carbocycles. The van der Waals surface area contributed by atoms with E-state index in [0.29, 0.717) is 23.1 Å². The zero-order valence-corrected chi connectivity index (χ0v) is 36.1. The first-order chi connectivity index (χ1) is 27.7. The highest BCUT2D eigenvalue weighted by Gasteiger charge is 2.56. The molecular formula is C46H53BBrNO8Si. The van der Waals surface area contributed by atoms with Crippen LogP contribution < -0.4 is 20.7 Å². The number of aromatic hydroxyl groups is 1. The molecule has 0 bridgehead atoms. The number of allylic oxidation sites excluding steroid dienone is 1. The number of amides is 2. The minimum Gasteiger partial charge on any atom is -0.507 e. The third-order valence-electron chi connectivity index (χ3n) is 11.7. The Balaban J connectivity index is 1.44. The highest BCUT2D eigenvalue weighted by molar-refractivity contribution is 9.10. The number of anilines is 1. The molecule has 0 radical (unpaired) electrons. The van der Waals surface area contributed by atoms with Crippen LogP contribution in [0.3, 0.4) is 0 Å². The van der Waals surface area contributed by atoms with Crippen molar-refractivity contribution in [3.8, 4) is 5.75 Å². The lowest BCUT2D eigenvalue weighted by Crippen LogP contribution is -2.66. The molecular weight excluding hydrogens is 813 g/mol. The van der Waals surface area contributed by atoms with E-state index in [1.807, 2.05) is 48.5 Å². The molecule has 1 saturated heterocycles. The van der Waals surface area contributed by atoms with Crippen molar-refractivity contribution in [3.05, 3.63) is 130 Å². The number of nitrogens with zero attached hydrogens (tertiary/aromatic N) is 1. The lowest BCUT2D eigenvalue weighted by atomic mass is 9.68. The quantitative estimate of drug-likeness (QED) is 0.0569. The van der Waals surface area contributed by atoms with Crippen LogP contribution in [0.2, 0.25) is 5.04 Å². The summed E-state index contributed by atoms with van der Waals surface area (Å²) in [6.07, 6.45) is 3.34. The van der Waals surface area contributed by atoms with Gasteiger partial charge in [-0.25, -0.2) is 0 Å². The SMILES string of the molecule is CCC/C(=C\c1cc(Br)ccc1O)CC[C@@H](O)C1=C(CO[Si](c2ccccc2)(c2ccccc2)C(C)(C)C)C[C@H]2C(=O)N(c3cccc(B(O)O)c3)C(=O)[C@H]2[C@H]1CO. The van der Waals surface area contributed by atoms with Crippen LogP contribution in [0.5, 0.6) is 5.75 Å². The van der Waals surface area contributed by atoms with Crippen molar-refractivity contribution in [2.75, 3.05) is 18.1 Å². The number of phenolic OH excluding ortho intramolecular Hbond substituents is 1. The third-order valence-corrected chi connectivity index (χ3v) is 17.2.